The molecule has 4 heteroatoms. The first-order valence-electron chi connectivity index (χ1n) is 6.50. The molecule has 2 rings (SSSR count). The van der Waals surface area contributed by atoms with Crippen molar-refractivity contribution in [2.24, 2.45) is 0 Å². The predicted octanol–water partition coefficient (Wildman–Crippen LogP) is 1.92. The van der Waals surface area contributed by atoms with Crippen molar-refractivity contribution < 1.29 is 9.53 Å². The summed E-state index contributed by atoms with van der Waals surface area (Å²) in [6.07, 6.45) is 4.41. The number of ether oxygens (including phenoxy) is 1. The largest absolute Gasteiger partial charge is 0.399 e. The number of nitrogen functional groups attached to an aromatic ring is 1. The van der Waals surface area contributed by atoms with Crippen LogP contribution in [0.3, 0.4) is 0 Å². The van der Waals surface area contributed by atoms with Crippen molar-refractivity contribution >= 4 is 17.7 Å². The summed E-state index contributed by atoms with van der Waals surface area (Å²) < 4.78 is 5.48. The van der Waals surface area contributed by atoms with E-state index >= 15 is 0 Å². The summed E-state index contributed by atoms with van der Waals surface area (Å²) in [6, 6.07) is 7.59. The van der Waals surface area contributed by atoms with Crippen molar-refractivity contribution in [3.8, 4) is 0 Å². The quantitative estimate of drug-likeness (QED) is 0.667. The van der Waals surface area contributed by atoms with Gasteiger partial charge in [-0.1, -0.05) is 12.1 Å². The molecule has 1 heterocycles. The number of amides is 1. The molecule has 0 aliphatic carbocycles. The monoisotopic (exact) mass is 260 g/mol. The minimum Gasteiger partial charge on any atom is -0.399 e. The van der Waals surface area contributed by atoms with Crippen molar-refractivity contribution in [3.05, 3.63) is 35.9 Å². The SMILES string of the molecule is CC1OCCC1N(C)C(=O)/C=C/c1ccc(N)cc1. The number of hydrogen-bond acceptors (Lipinski definition) is 3. The second kappa shape index (κ2) is 5.89. The average molecular weight is 260 g/mol. The number of nitrogens with zero attached hydrogens (tertiary/aromatic N) is 1. The molecule has 0 aromatic heterocycles. The lowest BCUT2D eigenvalue weighted by molar-refractivity contribution is -0.127. The Morgan fingerprint density at radius 1 is 1.42 bits per heavy atom. The normalized spacial score (nSPS) is 22.8. The molecular weight excluding hydrogens is 240 g/mol. The summed E-state index contributed by atoms with van der Waals surface area (Å²) in [7, 11) is 1.82. The highest BCUT2D eigenvalue weighted by molar-refractivity contribution is 5.91. The predicted molar refractivity (Wildman–Crippen MR) is 76.5 cm³/mol. The van der Waals surface area contributed by atoms with Crippen LogP contribution in [0.25, 0.3) is 6.08 Å². The van der Waals surface area contributed by atoms with E-state index < -0.39 is 0 Å². The van der Waals surface area contributed by atoms with Crippen LogP contribution in [-0.2, 0) is 9.53 Å². The van der Waals surface area contributed by atoms with Crippen molar-refractivity contribution in [3.63, 3.8) is 0 Å². The van der Waals surface area contributed by atoms with Gasteiger partial charge in [0.2, 0.25) is 5.91 Å². The summed E-state index contributed by atoms with van der Waals surface area (Å²) in [6.45, 7) is 2.73. The lowest BCUT2D eigenvalue weighted by Crippen LogP contribution is -2.40. The average Bonchev–Trinajstić information content (AvgIpc) is 2.83. The fourth-order valence-corrected chi connectivity index (χ4v) is 2.28. The van der Waals surface area contributed by atoms with E-state index in [1.54, 1.807) is 17.1 Å². The number of hydrogen-bond donors (Lipinski definition) is 1. The molecule has 1 saturated heterocycles. The van der Waals surface area contributed by atoms with Crippen molar-refractivity contribution in [1.29, 1.82) is 0 Å². The van der Waals surface area contributed by atoms with Crippen LogP contribution in [-0.4, -0.2) is 36.6 Å². The van der Waals surface area contributed by atoms with E-state index in [4.69, 9.17) is 10.5 Å². The van der Waals surface area contributed by atoms with E-state index in [0.29, 0.717) is 0 Å². The second-order valence-corrected chi connectivity index (χ2v) is 4.88. The molecule has 0 bridgehead atoms. The summed E-state index contributed by atoms with van der Waals surface area (Å²) in [4.78, 5) is 13.8. The molecule has 4 nitrogen and oxygen atoms in total. The first-order chi connectivity index (χ1) is 9.08. The van der Waals surface area contributed by atoms with Crippen LogP contribution >= 0.6 is 0 Å². The Hall–Kier alpha value is -1.81. The summed E-state index contributed by atoms with van der Waals surface area (Å²) in [5, 5.41) is 0. The standard InChI is InChI=1S/C15H20N2O2/c1-11-14(9-10-19-11)17(2)15(18)8-5-12-3-6-13(16)7-4-12/h3-8,11,14H,9-10,16H2,1-2H3/b8-5+. The Kier molecular flexibility index (Phi) is 4.22. The molecule has 2 unspecified atom stereocenters. The maximum atomic E-state index is 12.1. The van der Waals surface area contributed by atoms with Crippen molar-refractivity contribution in [2.45, 2.75) is 25.5 Å². The summed E-state index contributed by atoms with van der Waals surface area (Å²) in [5.74, 6) is -0.000764. The van der Waals surface area contributed by atoms with Gasteiger partial charge in [-0.05, 0) is 37.1 Å². The molecule has 1 fully saturated rings. The Morgan fingerprint density at radius 2 is 2.11 bits per heavy atom. The van der Waals surface area contributed by atoms with Crippen LogP contribution in [0.15, 0.2) is 30.3 Å². The smallest absolute Gasteiger partial charge is 0.246 e. The Morgan fingerprint density at radius 3 is 2.68 bits per heavy atom. The molecule has 0 radical (unpaired) electrons. The van der Waals surface area contributed by atoms with Crippen molar-refractivity contribution in [1.82, 2.24) is 4.90 Å². The fraction of sp³-hybridized carbons (Fsp3) is 0.400. The number of carbonyl (C=O) groups excluding carboxylic acids is 1. The maximum absolute atomic E-state index is 12.1. The van der Waals surface area contributed by atoms with E-state index in [0.717, 1.165) is 24.3 Å². The topological polar surface area (TPSA) is 55.6 Å². The van der Waals surface area contributed by atoms with E-state index in [-0.39, 0.29) is 18.1 Å². The zero-order valence-corrected chi connectivity index (χ0v) is 11.4. The van der Waals surface area contributed by atoms with Gasteiger partial charge in [0.05, 0.1) is 12.1 Å². The number of carbonyl (C=O) groups is 1. The van der Waals surface area contributed by atoms with Gasteiger partial charge in [0.25, 0.3) is 0 Å². The minimum absolute atomic E-state index is 0.000764. The zero-order chi connectivity index (χ0) is 13.8. The molecule has 1 aliphatic heterocycles. The third-order valence-electron chi connectivity index (χ3n) is 3.54. The lowest BCUT2D eigenvalue weighted by Gasteiger charge is -2.25. The van der Waals surface area contributed by atoms with Gasteiger partial charge in [0.1, 0.15) is 0 Å². The van der Waals surface area contributed by atoms with E-state index in [9.17, 15) is 4.79 Å². The van der Waals surface area contributed by atoms with Crippen LogP contribution in [0.4, 0.5) is 5.69 Å². The molecule has 0 spiro atoms. The van der Waals surface area contributed by atoms with Crippen molar-refractivity contribution in [2.75, 3.05) is 19.4 Å². The van der Waals surface area contributed by atoms with Gasteiger partial charge >= 0.3 is 0 Å². The van der Waals surface area contributed by atoms with Gasteiger partial charge in [0, 0.05) is 25.4 Å². The molecule has 2 atom stereocenters. The Balaban J connectivity index is 1.98. The number of nitrogens with two attached hydrogens (primary N) is 1. The van der Waals surface area contributed by atoms with Gasteiger partial charge in [-0.3, -0.25) is 4.79 Å². The van der Waals surface area contributed by atoms with Gasteiger partial charge in [0.15, 0.2) is 0 Å². The molecule has 1 aromatic rings. The van der Waals surface area contributed by atoms with Gasteiger partial charge < -0.3 is 15.4 Å². The molecule has 1 aliphatic rings. The van der Waals surface area contributed by atoms with E-state index in [1.165, 1.54) is 0 Å². The van der Waals surface area contributed by atoms with Crippen LogP contribution in [0, 0.1) is 0 Å². The molecule has 102 valence electrons. The highest BCUT2D eigenvalue weighted by Crippen LogP contribution is 2.18. The Labute approximate surface area is 113 Å². The lowest BCUT2D eigenvalue weighted by atomic mass is 10.1. The zero-order valence-electron chi connectivity index (χ0n) is 11.4. The second-order valence-electron chi connectivity index (χ2n) is 4.88. The van der Waals surface area contributed by atoms with Gasteiger partial charge in [-0.2, -0.15) is 0 Å². The third kappa shape index (κ3) is 3.35. The van der Waals surface area contributed by atoms with Crippen LogP contribution in [0.5, 0.6) is 0 Å². The molecule has 1 aromatic carbocycles. The number of anilines is 1. The van der Waals surface area contributed by atoms with E-state index in [2.05, 4.69) is 0 Å². The molecule has 1 amide bonds. The van der Waals surface area contributed by atoms with Crippen LogP contribution in [0.1, 0.15) is 18.9 Å². The summed E-state index contributed by atoms with van der Waals surface area (Å²) in [5.41, 5.74) is 7.30. The van der Waals surface area contributed by atoms with Gasteiger partial charge in [-0.15, -0.1) is 0 Å². The molecule has 2 N–H and O–H groups in total. The van der Waals surface area contributed by atoms with Crippen LogP contribution in [0.2, 0.25) is 0 Å². The molecule has 19 heavy (non-hydrogen) atoms. The molecule has 0 saturated carbocycles. The first kappa shape index (κ1) is 13.6. The van der Waals surface area contributed by atoms with E-state index in [1.807, 2.05) is 38.2 Å². The highest BCUT2D eigenvalue weighted by atomic mass is 16.5. The van der Waals surface area contributed by atoms with Crippen LogP contribution < -0.4 is 5.73 Å². The van der Waals surface area contributed by atoms with Gasteiger partial charge in [-0.25, -0.2) is 0 Å². The molecular formula is C15H20N2O2. The fourth-order valence-electron chi connectivity index (χ4n) is 2.28. The number of rotatable bonds is 3. The number of likely N-dealkylation sites (N-methyl/N-ethyl adjacent to an activating group) is 1. The first-order valence-corrected chi connectivity index (χ1v) is 6.50. The summed E-state index contributed by atoms with van der Waals surface area (Å²) >= 11 is 0. The minimum atomic E-state index is -0.000764. The maximum Gasteiger partial charge on any atom is 0.246 e. The number of benzene rings is 1. The third-order valence-corrected chi connectivity index (χ3v) is 3.54. The Bertz CT molecular complexity index is 468. The highest BCUT2D eigenvalue weighted by Gasteiger charge is 2.29.